The van der Waals surface area contributed by atoms with Crippen LogP contribution in [0, 0.1) is 5.82 Å². The summed E-state index contributed by atoms with van der Waals surface area (Å²) in [6.07, 6.45) is 5.72. The van der Waals surface area contributed by atoms with Gasteiger partial charge in [-0.25, -0.2) is 9.18 Å². The lowest BCUT2D eigenvalue weighted by Gasteiger charge is -2.44. The molecular formula is C33H28FNO2. The molecule has 0 N–H and O–H groups in total. The molecule has 2 heterocycles. The van der Waals surface area contributed by atoms with Gasteiger partial charge in [0, 0.05) is 17.3 Å². The number of halogens is 1. The summed E-state index contributed by atoms with van der Waals surface area (Å²) in [7, 11) is 0. The molecule has 3 nitrogen and oxygen atoms in total. The lowest BCUT2D eigenvalue weighted by molar-refractivity contribution is 0.0539. The minimum Gasteiger partial charge on any atom is -0.448 e. The number of hydrogen-bond acceptors (Lipinski definition) is 2. The van der Waals surface area contributed by atoms with E-state index in [-0.39, 0.29) is 29.9 Å². The first kappa shape index (κ1) is 22.3. The molecule has 7 rings (SSSR count). The van der Waals surface area contributed by atoms with Crippen LogP contribution in [0.2, 0.25) is 0 Å². The van der Waals surface area contributed by atoms with Gasteiger partial charge in [-0.1, -0.05) is 84.9 Å². The number of piperidine rings is 1. The molecule has 184 valence electrons. The predicted octanol–water partition coefficient (Wildman–Crippen LogP) is 7.94. The van der Waals surface area contributed by atoms with Crippen LogP contribution < -0.4 is 0 Å². The maximum absolute atomic E-state index is 14.4. The molecule has 1 fully saturated rings. The second-order valence-corrected chi connectivity index (χ2v) is 10.4. The van der Waals surface area contributed by atoms with Crippen LogP contribution in [0.1, 0.15) is 48.3 Å². The van der Waals surface area contributed by atoms with E-state index in [1.807, 2.05) is 35.2 Å². The Balaban J connectivity index is 1.15. The number of rotatable bonds is 3. The summed E-state index contributed by atoms with van der Waals surface area (Å²) in [5.74, 6) is -0.145. The summed E-state index contributed by atoms with van der Waals surface area (Å²) < 4.78 is 20.5. The van der Waals surface area contributed by atoms with E-state index in [4.69, 9.17) is 4.74 Å². The Bertz CT molecular complexity index is 1510. The van der Waals surface area contributed by atoms with Crippen molar-refractivity contribution in [1.82, 2.24) is 4.90 Å². The molecule has 4 aromatic rings. The van der Waals surface area contributed by atoms with E-state index in [1.54, 1.807) is 6.07 Å². The van der Waals surface area contributed by atoms with Gasteiger partial charge in [0.1, 0.15) is 12.4 Å². The van der Waals surface area contributed by atoms with E-state index >= 15 is 0 Å². The second kappa shape index (κ2) is 8.88. The number of hydrogen-bond donors (Lipinski definition) is 0. The summed E-state index contributed by atoms with van der Waals surface area (Å²) >= 11 is 0. The van der Waals surface area contributed by atoms with Gasteiger partial charge in [-0.15, -0.1) is 0 Å². The van der Waals surface area contributed by atoms with Gasteiger partial charge >= 0.3 is 6.09 Å². The second-order valence-electron chi connectivity index (χ2n) is 10.4. The maximum Gasteiger partial charge on any atom is 0.410 e. The Morgan fingerprint density at radius 3 is 2.22 bits per heavy atom. The fraction of sp³-hybridized carbons (Fsp3) is 0.242. The highest BCUT2D eigenvalue weighted by Crippen LogP contribution is 2.45. The molecule has 0 saturated carbocycles. The van der Waals surface area contributed by atoms with Crippen LogP contribution in [-0.2, 0) is 4.74 Å². The van der Waals surface area contributed by atoms with Crippen LogP contribution in [0.3, 0.4) is 0 Å². The number of benzene rings is 4. The molecule has 1 amide bonds. The fourth-order valence-electron chi connectivity index (χ4n) is 6.72. The minimum atomic E-state index is -0.226. The molecule has 3 aliphatic rings. The van der Waals surface area contributed by atoms with Gasteiger partial charge < -0.3 is 4.74 Å². The largest absolute Gasteiger partial charge is 0.448 e. The van der Waals surface area contributed by atoms with Gasteiger partial charge in [0.15, 0.2) is 0 Å². The van der Waals surface area contributed by atoms with Crippen molar-refractivity contribution in [2.75, 3.05) is 6.61 Å². The molecule has 1 saturated heterocycles. The minimum absolute atomic E-state index is 0.00182. The van der Waals surface area contributed by atoms with Crippen molar-refractivity contribution in [3.63, 3.8) is 0 Å². The Hall–Kier alpha value is -3.92. The topological polar surface area (TPSA) is 29.5 Å². The van der Waals surface area contributed by atoms with Crippen molar-refractivity contribution in [3.05, 3.63) is 114 Å². The Morgan fingerprint density at radius 1 is 0.811 bits per heavy atom. The average molecular weight is 490 g/mol. The van der Waals surface area contributed by atoms with Crippen molar-refractivity contribution in [2.45, 2.75) is 43.7 Å². The maximum atomic E-state index is 14.4. The average Bonchev–Trinajstić information content (AvgIpc) is 3.25. The highest BCUT2D eigenvalue weighted by atomic mass is 19.1. The fourth-order valence-corrected chi connectivity index (χ4v) is 6.72. The normalized spacial score (nSPS) is 20.4. The van der Waals surface area contributed by atoms with Crippen LogP contribution >= 0.6 is 0 Å². The van der Waals surface area contributed by atoms with Crippen molar-refractivity contribution < 1.29 is 13.9 Å². The van der Waals surface area contributed by atoms with E-state index in [9.17, 15) is 9.18 Å². The molecule has 0 spiro atoms. The van der Waals surface area contributed by atoms with E-state index in [0.717, 1.165) is 36.6 Å². The van der Waals surface area contributed by atoms with Crippen LogP contribution in [0.5, 0.6) is 0 Å². The molecule has 2 atom stereocenters. The third-order valence-corrected chi connectivity index (χ3v) is 8.40. The first-order valence-corrected chi connectivity index (χ1v) is 13.2. The molecule has 4 aromatic carbocycles. The molecule has 37 heavy (non-hydrogen) atoms. The van der Waals surface area contributed by atoms with Crippen molar-refractivity contribution in [2.24, 2.45) is 0 Å². The van der Waals surface area contributed by atoms with Gasteiger partial charge in [-0.2, -0.15) is 0 Å². The molecule has 2 bridgehead atoms. The van der Waals surface area contributed by atoms with Crippen molar-refractivity contribution in [1.29, 1.82) is 0 Å². The van der Waals surface area contributed by atoms with Crippen LogP contribution in [-0.4, -0.2) is 29.7 Å². The van der Waals surface area contributed by atoms with Crippen LogP contribution in [0.25, 0.3) is 27.5 Å². The van der Waals surface area contributed by atoms with Crippen molar-refractivity contribution >= 4 is 22.4 Å². The van der Waals surface area contributed by atoms with Gasteiger partial charge in [-0.05, 0) is 70.5 Å². The molecule has 0 radical (unpaired) electrons. The van der Waals surface area contributed by atoms with E-state index in [1.165, 1.54) is 27.8 Å². The smallest absolute Gasteiger partial charge is 0.410 e. The third-order valence-electron chi connectivity index (χ3n) is 8.40. The Morgan fingerprint density at radius 2 is 1.49 bits per heavy atom. The van der Waals surface area contributed by atoms with Crippen LogP contribution in [0.15, 0.2) is 91.0 Å². The number of ether oxygens (including phenoxy) is 1. The molecule has 4 heteroatoms. The van der Waals surface area contributed by atoms with Gasteiger partial charge in [-0.3, -0.25) is 4.90 Å². The summed E-state index contributed by atoms with van der Waals surface area (Å²) in [6.45, 7) is 0.335. The number of fused-ring (bicyclic) bond motifs is 6. The molecular weight excluding hydrogens is 461 g/mol. The molecule has 2 aliphatic heterocycles. The Kier molecular flexibility index (Phi) is 5.35. The van der Waals surface area contributed by atoms with E-state index < -0.39 is 0 Å². The van der Waals surface area contributed by atoms with Crippen molar-refractivity contribution in [3.8, 4) is 11.1 Å². The summed E-state index contributed by atoms with van der Waals surface area (Å²) in [5, 5.41) is 1.58. The number of amides is 1. The summed E-state index contributed by atoms with van der Waals surface area (Å²) in [6, 6.07) is 28.0. The zero-order chi connectivity index (χ0) is 24.9. The summed E-state index contributed by atoms with van der Waals surface area (Å²) in [4.78, 5) is 15.5. The van der Waals surface area contributed by atoms with E-state index in [2.05, 4.69) is 54.6 Å². The van der Waals surface area contributed by atoms with Gasteiger partial charge in [0.05, 0.1) is 6.04 Å². The van der Waals surface area contributed by atoms with Gasteiger partial charge in [0.25, 0.3) is 0 Å². The lowest BCUT2D eigenvalue weighted by Crippen LogP contribution is -2.51. The molecule has 2 unspecified atom stereocenters. The monoisotopic (exact) mass is 489 g/mol. The molecule has 0 aromatic heterocycles. The lowest BCUT2D eigenvalue weighted by atomic mass is 9.82. The quantitative estimate of drug-likeness (QED) is 0.292. The zero-order valence-electron chi connectivity index (χ0n) is 20.6. The third kappa shape index (κ3) is 3.66. The van der Waals surface area contributed by atoms with Crippen LogP contribution in [0.4, 0.5) is 9.18 Å². The first-order valence-electron chi connectivity index (χ1n) is 13.2. The molecule has 1 aliphatic carbocycles. The first-order chi connectivity index (χ1) is 18.2. The standard InChI is InChI=1S/C33H28FNO2/c34-32-17-16-24(25-10-5-6-15-30(25)32)21-18-22-8-7-9-23(19-21)35(22)33(36)37-20-31-28-13-3-1-11-26(28)27-12-2-4-14-29(27)31/h1-6,10-18,22-23,31H,7-9,19-20H2. The van der Waals surface area contributed by atoms with E-state index in [0.29, 0.717) is 12.0 Å². The predicted molar refractivity (Wildman–Crippen MR) is 145 cm³/mol. The SMILES string of the molecule is O=C(OCC1c2ccccc2-c2ccccc21)N1C2C=C(c3ccc(F)c4ccccc34)CC1CCC2. The number of carbonyl (C=O) groups is 1. The summed E-state index contributed by atoms with van der Waals surface area (Å²) in [5.41, 5.74) is 7.18. The zero-order valence-corrected chi connectivity index (χ0v) is 20.6. The Labute approximate surface area is 216 Å². The highest BCUT2D eigenvalue weighted by Gasteiger charge is 2.39. The van der Waals surface area contributed by atoms with Gasteiger partial charge in [0.2, 0.25) is 0 Å². The number of nitrogens with zero attached hydrogens (tertiary/aromatic N) is 1. The number of carbonyl (C=O) groups excluding carboxylic acids is 1. The highest BCUT2D eigenvalue weighted by molar-refractivity contribution is 5.95.